The van der Waals surface area contributed by atoms with Crippen LogP contribution in [0.25, 0.3) is 0 Å². The van der Waals surface area contributed by atoms with Crippen molar-refractivity contribution in [2.45, 2.75) is 19.9 Å². The van der Waals surface area contributed by atoms with Gasteiger partial charge < -0.3 is 10.1 Å². The molecule has 1 heterocycles. The van der Waals surface area contributed by atoms with E-state index >= 15 is 0 Å². The number of benzene rings is 1. The number of methoxy groups -OCH3 is 1. The molecule has 0 saturated carbocycles. The van der Waals surface area contributed by atoms with Crippen molar-refractivity contribution >= 4 is 17.0 Å². The molecule has 1 aromatic heterocycles. The van der Waals surface area contributed by atoms with Gasteiger partial charge in [0.1, 0.15) is 0 Å². The van der Waals surface area contributed by atoms with Crippen molar-refractivity contribution in [3.63, 3.8) is 0 Å². The molecule has 0 spiro atoms. The molecular weight excluding hydrogens is 249 g/mol. The lowest BCUT2D eigenvalue weighted by Gasteiger charge is -2.14. The van der Waals surface area contributed by atoms with Crippen LogP contribution >= 0.6 is 11.3 Å². The molecule has 0 saturated heterocycles. The van der Waals surface area contributed by atoms with Gasteiger partial charge in [-0.3, -0.25) is 0 Å². The minimum absolute atomic E-state index is 0.193. The third kappa shape index (κ3) is 2.82. The molecule has 1 N–H and O–H groups in total. The Morgan fingerprint density at radius 3 is 2.67 bits per heavy atom. The third-order valence-electron chi connectivity index (χ3n) is 2.72. The maximum atomic E-state index is 13.3. The molecule has 0 aliphatic heterocycles. The van der Waals surface area contributed by atoms with Crippen LogP contribution < -0.4 is 10.1 Å². The fraction of sp³-hybridized carbons (Fsp3) is 0.286. The predicted octanol–water partition coefficient (Wildman–Crippen LogP) is 4.38. The van der Waals surface area contributed by atoms with Crippen molar-refractivity contribution in [2.24, 2.45) is 0 Å². The largest absolute Gasteiger partial charge is 0.494 e. The number of aryl methyl sites for hydroxylation is 1. The van der Waals surface area contributed by atoms with Crippen LogP contribution in [0.2, 0.25) is 0 Å². The zero-order valence-electron chi connectivity index (χ0n) is 10.7. The van der Waals surface area contributed by atoms with E-state index in [1.165, 1.54) is 22.9 Å². The summed E-state index contributed by atoms with van der Waals surface area (Å²) < 4.78 is 18.2. The van der Waals surface area contributed by atoms with Gasteiger partial charge in [0.25, 0.3) is 0 Å². The number of anilines is 1. The van der Waals surface area contributed by atoms with Gasteiger partial charge in [0.15, 0.2) is 11.6 Å². The minimum Gasteiger partial charge on any atom is -0.494 e. The second-order valence-electron chi connectivity index (χ2n) is 4.16. The van der Waals surface area contributed by atoms with Crippen molar-refractivity contribution < 1.29 is 9.13 Å². The summed E-state index contributed by atoms with van der Waals surface area (Å²) in [6.45, 7) is 4.17. The average Bonchev–Trinajstić information content (AvgIpc) is 2.78. The van der Waals surface area contributed by atoms with Crippen molar-refractivity contribution in [3.8, 4) is 5.75 Å². The molecular formula is C14H16FNOS. The van der Waals surface area contributed by atoms with Crippen LogP contribution in [0, 0.1) is 12.7 Å². The molecule has 2 rings (SSSR count). The van der Waals surface area contributed by atoms with Crippen molar-refractivity contribution in [2.75, 3.05) is 12.4 Å². The molecule has 1 atom stereocenters. The molecule has 18 heavy (non-hydrogen) atoms. The van der Waals surface area contributed by atoms with E-state index < -0.39 is 0 Å². The summed E-state index contributed by atoms with van der Waals surface area (Å²) in [5.41, 5.74) is 0.854. The number of halogens is 1. The van der Waals surface area contributed by atoms with Crippen molar-refractivity contribution in [1.82, 2.24) is 0 Å². The number of thiophene rings is 1. The van der Waals surface area contributed by atoms with E-state index in [0.29, 0.717) is 0 Å². The average molecular weight is 265 g/mol. The summed E-state index contributed by atoms with van der Waals surface area (Å²) in [6, 6.07) is 9.20. The number of rotatable bonds is 4. The maximum absolute atomic E-state index is 13.3. The Morgan fingerprint density at radius 2 is 2.06 bits per heavy atom. The Hall–Kier alpha value is -1.55. The Bertz CT molecular complexity index is 538. The Balaban J connectivity index is 2.14. The molecule has 4 heteroatoms. The minimum atomic E-state index is -0.345. The number of nitrogens with one attached hydrogen (secondary N) is 1. The van der Waals surface area contributed by atoms with Gasteiger partial charge in [-0.15, -0.1) is 11.3 Å². The molecule has 2 aromatic rings. The van der Waals surface area contributed by atoms with Crippen LogP contribution in [0.1, 0.15) is 22.7 Å². The quantitative estimate of drug-likeness (QED) is 0.886. The van der Waals surface area contributed by atoms with Gasteiger partial charge in [0.05, 0.1) is 13.2 Å². The smallest absolute Gasteiger partial charge is 0.165 e. The summed E-state index contributed by atoms with van der Waals surface area (Å²) in [5.74, 6) is -0.0859. The SMILES string of the molecule is COc1cc(NC(C)c2ccc(C)s2)ccc1F. The number of ether oxygens (including phenoxy) is 1. The summed E-state index contributed by atoms with van der Waals surface area (Å²) >= 11 is 1.76. The van der Waals surface area contributed by atoms with Gasteiger partial charge in [-0.05, 0) is 38.1 Å². The number of hydrogen-bond acceptors (Lipinski definition) is 3. The van der Waals surface area contributed by atoms with E-state index in [4.69, 9.17) is 4.74 Å². The van der Waals surface area contributed by atoms with Crippen LogP contribution in [0.4, 0.5) is 10.1 Å². The normalized spacial score (nSPS) is 12.2. The lowest BCUT2D eigenvalue weighted by atomic mass is 10.2. The van der Waals surface area contributed by atoms with Gasteiger partial charge in [-0.1, -0.05) is 0 Å². The second kappa shape index (κ2) is 5.40. The molecule has 0 aliphatic carbocycles. The zero-order valence-corrected chi connectivity index (χ0v) is 11.5. The molecule has 0 fully saturated rings. The van der Waals surface area contributed by atoms with E-state index in [1.807, 2.05) is 0 Å². The van der Waals surface area contributed by atoms with E-state index in [-0.39, 0.29) is 17.6 Å². The highest BCUT2D eigenvalue weighted by molar-refractivity contribution is 7.12. The summed E-state index contributed by atoms with van der Waals surface area (Å²) in [5, 5.41) is 3.34. The highest BCUT2D eigenvalue weighted by atomic mass is 32.1. The highest BCUT2D eigenvalue weighted by Crippen LogP contribution is 2.28. The summed E-state index contributed by atoms with van der Waals surface area (Å²) in [6.07, 6.45) is 0. The first-order valence-corrected chi connectivity index (χ1v) is 6.58. The lowest BCUT2D eigenvalue weighted by molar-refractivity contribution is 0.387. The van der Waals surface area contributed by atoms with E-state index in [9.17, 15) is 4.39 Å². The van der Waals surface area contributed by atoms with E-state index in [0.717, 1.165) is 5.69 Å². The summed E-state index contributed by atoms with van der Waals surface area (Å²) in [7, 11) is 1.47. The molecule has 96 valence electrons. The monoisotopic (exact) mass is 265 g/mol. The molecule has 2 nitrogen and oxygen atoms in total. The van der Waals surface area contributed by atoms with Gasteiger partial charge in [-0.2, -0.15) is 0 Å². The number of hydrogen-bond donors (Lipinski definition) is 1. The van der Waals surface area contributed by atoms with E-state index in [2.05, 4.69) is 31.3 Å². The molecule has 1 aromatic carbocycles. The zero-order chi connectivity index (χ0) is 13.1. The van der Waals surface area contributed by atoms with Crippen LogP contribution in [-0.4, -0.2) is 7.11 Å². The molecule has 1 unspecified atom stereocenters. The van der Waals surface area contributed by atoms with Gasteiger partial charge >= 0.3 is 0 Å². The fourth-order valence-corrected chi connectivity index (χ4v) is 2.64. The second-order valence-corrected chi connectivity index (χ2v) is 5.48. The Labute approximate surface area is 110 Å². The summed E-state index contributed by atoms with van der Waals surface area (Å²) in [4.78, 5) is 2.55. The fourth-order valence-electron chi connectivity index (χ4n) is 1.76. The van der Waals surface area contributed by atoms with Gasteiger partial charge in [-0.25, -0.2) is 4.39 Å². The molecule has 0 aliphatic rings. The van der Waals surface area contributed by atoms with Crippen LogP contribution in [0.5, 0.6) is 5.75 Å². The van der Waals surface area contributed by atoms with Crippen LogP contribution in [0.15, 0.2) is 30.3 Å². The molecule has 0 radical (unpaired) electrons. The van der Waals surface area contributed by atoms with Crippen molar-refractivity contribution in [1.29, 1.82) is 0 Å². The first-order chi connectivity index (χ1) is 8.60. The lowest BCUT2D eigenvalue weighted by Crippen LogP contribution is -2.05. The van der Waals surface area contributed by atoms with Crippen LogP contribution in [0.3, 0.4) is 0 Å². The predicted molar refractivity (Wildman–Crippen MR) is 74.0 cm³/mol. The highest BCUT2D eigenvalue weighted by Gasteiger charge is 2.09. The van der Waals surface area contributed by atoms with E-state index in [1.54, 1.807) is 23.5 Å². The Morgan fingerprint density at radius 1 is 1.28 bits per heavy atom. The Kier molecular flexibility index (Phi) is 3.87. The van der Waals surface area contributed by atoms with Gasteiger partial charge in [0, 0.05) is 21.5 Å². The molecule has 0 amide bonds. The van der Waals surface area contributed by atoms with Crippen LogP contribution in [-0.2, 0) is 0 Å². The first-order valence-electron chi connectivity index (χ1n) is 5.76. The van der Waals surface area contributed by atoms with Gasteiger partial charge in [0.2, 0.25) is 0 Å². The molecule has 0 bridgehead atoms. The topological polar surface area (TPSA) is 21.3 Å². The maximum Gasteiger partial charge on any atom is 0.165 e. The standard InChI is InChI=1S/C14H16FNOS/c1-9-4-7-14(18-9)10(2)16-11-5-6-12(15)13(8-11)17-3/h4-8,10,16H,1-3H3. The third-order valence-corrected chi connectivity index (χ3v) is 3.91. The first kappa shape index (κ1) is 12.9. The van der Waals surface area contributed by atoms with Crippen molar-refractivity contribution in [3.05, 3.63) is 45.9 Å².